The van der Waals surface area contributed by atoms with Crippen molar-refractivity contribution >= 4 is 5.91 Å². The Labute approximate surface area is 96.9 Å². The van der Waals surface area contributed by atoms with Crippen molar-refractivity contribution in [3.8, 4) is 0 Å². The van der Waals surface area contributed by atoms with Crippen LogP contribution in [-0.2, 0) is 9.53 Å². The molecule has 0 spiro atoms. The van der Waals surface area contributed by atoms with Gasteiger partial charge in [0.05, 0.1) is 19.3 Å². The molecular formula is C11H22N2O3. The van der Waals surface area contributed by atoms with Gasteiger partial charge in [0.1, 0.15) is 0 Å². The van der Waals surface area contributed by atoms with Crippen LogP contribution in [0.1, 0.15) is 13.3 Å². The summed E-state index contributed by atoms with van der Waals surface area (Å²) in [6.07, 6.45) is 2.46. The highest BCUT2D eigenvalue weighted by atomic mass is 16.5. The van der Waals surface area contributed by atoms with Crippen LogP contribution >= 0.6 is 0 Å². The number of hydrogen-bond acceptors (Lipinski definition) is 4. The van der Waals surface area contributed by atoms with Crippen molar-refractivity contribution in [1.29, 1.82) is 0 Å². The predicted octanol–water partition coefficient (Wildman–Crippen LogP) is -0.334. The smallest absolute Gasteiger partial charge is 0.237 e. The van der Waals surface area contributed by atoms with E-state index in [2.05, 4.69) is 17.2 Å². The van der Waals surface area contributed by atoms with E-state index in [4.69, 9.17) is 9.84 Å². The lowest BCUT2D eigenvalue weighted by molar-refractivity contribution is -0.122. The summed E-state index contributed by atoms with van der Waals surface area (Å²) in [5, 5.41) is 14.3. The average molecular weight is 230 g/mol. The lowest BCUT2D eigenvalue weighted by Gasteiger charge is -2.13. The Kier molecular flexibility index (Phi) is 10.00. The van der Waals surface area contributed by atoms with Crippen molar-refractivity contribution in [1.82, 2.24) is 10.6 Å². The van der Waals surface area contributed by atoms with Crippen molar-refractivity contribution in [2.24, 2.45) is 0 Å². The van der Waals surface area contributed by atoms with Crippen LogP contribution in [0.15, 0.2) is 12.7 Å². The molecule has 1 unspecified atom stereocenters. The van der Waals surface area contributed by atoms with Gasteiger partial charge in [-0.15, -0.1) is 6.58 Å². The van der Waals surface area contributed by atoms with Crippen LogP contribution in [0.4, 0.5) is 0 Å². The number of aliphatic hydroxyl groups is 1. The summed E-state index contributed by atoms with van der Waals surface area (Å²) in [5.74, 6) is -0.0313. The number of aliphatic hydroxyl groups excluding tert-OH is 1. The van der Waals surface area contributed by atoms with E-state index >= 15 is 0 Å². The number of ether oxygens (including phenoxy) is 1. The number of amides is 1. The minimum Gasteiger partial charge on any atom is -0.394 e. The van der Waals surface area contributed by atoms with Gasteiger partial charge < -0.3 is 20.5 Å². The van der Waals surface area contributed by atoms with Crippen LogP contribution in [0.2, 0.25) is 0 Å². The molecule has 1 atom stereocenters. The predicted molar refractivity (Wildman–Crippen MR) is 63.2 cm³/mol. The molecule has 0 radical (unpaired) electrons. The average Bonchev–Trinajstić information content (AvgIpc) is 2.30. The summed E-state index contributed by atoms with van der Waals surface area (Å²) in [4.78, 5) is 11.4. The summed E-state index contributed by atoms with van der Waals surface area (Å²) < 4.78 is 5.09. The standard InChI is InChI=1S/C11H22N2O3/c1-3-5-13-11(15)10(2)12-6-4-8-16-9-7-14/h3,10,12,14H,1,4-9H2,2H3,(H,13,15). The summed E-state index contributed by atoms with van der Waals surface area (Å²) in [6, 6.07) is -0.210. The number of carbonyl (C=O) groups excluding carboxylic acids is 1. The monoisotopic (exact) mass is 230 g/mol. The van der Waals surface area contributed by atoms with Crippen molar-refractivity contribution < 1.29 is 14.6 Å². The molecule has 0 saturated heterocycles. The van der Waals surface area contributed by atoms with Crippen molar-refractivity contribution in [3.05, 3.63) is 12.7 Å². The second kappa shape index (κ2) is 10.6. The Morgan fingerprint density at radius 1 is 1.56 bits per heavy atom. The van der Waals surface area contributed by atoms with Gasteiger partial charge >= 0.3 is 0 Å². The summed E-state index contributed by atoms with van der Waals surface area (Å²) in [5.41, 5.74) is 0. The highest BCUT2D eigenvalue weighted by Gasteiger charge is 2.09. The number of hydrogen-bond donors (Lipinski definition) is 3. The Bertz CT molecular complexity index is 198. The molecule has 0 aromatic rings. The molecule has 0 bridgehead atoms. The van der Waals surface area contributed by atoms with Gasteiger partial charge in [-0.3, -0.25) is 4.79 Å². The maximum atomic E-state index is 11.4. The SMILES string of the molecule is C=CCNC(=O)C(C)NCCCOCCO. The molecule has 0 fully saturated rings. The molecule has 0 heterocycles. The van der Waals surface area contributed by atoms with E-state index in [0.717, 1.165) is 6.42 Å². The van der Waals surface area contributed by atoms with E-state index in [1.165, 1.54) is 0 Å². The number of rotatable bonds is 10. The van der Waals surface area contributed by atoms with Gasteiger partial charge in [-0.2, -0.15) is 0 Å². The van der Waals surface area contributed by atoms with Gasteiger partial charge in [0.15, 0.2) is 0 Å². The van der Waals surface area contributed by atoms with Gasteiger partial charge in [-0.1, -0.05) is 6.08 Å². The molecule has 0 aliphatic carbocycles. The second-order valence-corrected chi connectivity index (χ2v) is 3.40. The molecule has 0 aromatic heterocycles. The first-order chi connectivity index (χ1) is 7.72. The third-order valence-electron chi connectivity index (χ3n) is 1.97. The zero-order valence-electron chi connectivity index (χ0n) is 9.87. The molecule has 0 aliphatic heterocycles. The normalized spacial score (nSPS) is 12.1. The lowest BCUT2D eigenvalue weighted by Crippen LogP contribution is -2.42. The van der Waals surface area contributed by atoms with Crippen molar-refractivity contribution in [3.63, 3.8) is 0 Å². The molecule has 0 saturated carbocycles. The first-order valence-electron chi connectivity index (χ1n) is 5.53. The first kappa shape index (κ1) is 15.1. The molecule has 94 valence electrons. The largest absolute Gasteiger partial charge is 0.394 e. The van der Waals surface area contributed by atoms with E-state index in [-0.39, 0.29) is 18.6 Å². The van der Waals surface area contributed by atoms with E-state index in [1.54, 1.807) is 6.08 Å². The highest BCUT2D eigenvalue weighted by molar-refractivity contribution is 5.81. The van der Waals surface area contributed by atoms with Gasteiger partial charge in [0.2, 0.25) is 5.91 Å². The fraction of sp³-hybridized carbons (Fsp3) is 0.727. The Morgan fingerprint density at radius 3 is 2.94 bits per heavy atom. The third kappa shape index (κ3) is 8.40. The Balaban J connectivity index is 3.38. The molecule has 5 nitrogen and oxygen atoms in total. The van der Waals surface area contributed by atoms with Crippen LogP contribution in [0.25, 0.3) is 0 Å². The van der Waals surface area contributed by atoms with Crippen molar-refractivity contribution in [2.75, 3.05) is 32.9 Å². The molecule has 5 heteroatoms. The minimum atomic E-state index is -0.210. The van der Waals surface area contributed by atoms with Crippen LogP contribution in [0, 0.1) is 0 Å². The third-order valence-corrected chi connectivity index (χ3v) is 1.97. The van der Waals surface area contributed by atoms with Crippen LogP contribution in [0.3, 0.4) is 0 Å². The fourth-order valence-electron chi connectivity index (χ4n) is 1.08. The van der Waals surface area contributed by atoms with E-state index < -0.39 is 0 Å². The van der Waals surface area contributed by atoms with Gasteiger partial charge in [0.25, 0.3) is 0 Å². The molecule has 1 amide bonds. The Hall–Kier alpha value is -0.910. The molecule has 0 aliphatic rings. The quantitative estimate of drug-likeness (QED) is 0.355. The van der Waals surface area contributed by atoms with E-state index in [1.807, 2.05) is 6.92 Å². The molecule has 0 aromatic carbocycles. The summed E-state index contributed by atoms with van der Waals surface area (Å²) in [7, 11) is 0. The summed E-state index contributed by atoms with van der Waals surface area (Å²) in [6.45, 7) is 7.55. The van der Waals surface area contributed by atoms with Crippen LogP contribution in [-0.4, -0.2) is 50.0 Å². The molecule has 3 N–H and O–H groups in total. The number of carbonyl (C=O) groups is 1. The van der Waals surface area contributed by atoms with Gasteiger partial charge in [-0.25, -0.2) is 0 Å². The lowest BCUT2D eigenvalue weighted by atomic mass is 10.3. The van der Waals surface area contributed by atoms with Crippen molar-refractivity contribution in [2.45, 2.75) is 19.4 Å². The molecule has 16 heavy (non-hydrogen) atoms. The zero-order valence-corrected chi connectivity index (χ0v) is 9.87. The highest BCUT2D eigenvalue weighted by Crippen LogP contribution is 1.85. The topological polar surface area (TPSA) is 70.6 Å². The van der Waals surface area contributed by atoms with Crippen LogP contribution < -0.4 is 10.6 Å². The Morgan fingerprint density at radius 2 is 2.31 bits per heavy atom. The van der Waals surface area contributed by atoms with Gasteiger partial charge in [-0.05, 0) is 19.9 Å². The molecule has 0 rings (SSSR count). The van der Waals surface area contributed by atoms with E-state index in [0.29, 0.717) is 26.3 Å². The maximum Gasteiger partial charge on any atom is 0.237 e. The first-order valence-corrected chi connectivity index (χ1v) is 5.53. The minimum absolute atomic E-state index is 0.0313. The molecular weight excluding hydrogens is 208 g/mol. The maximum absolute atomic E-state index is 11.4. The summed E-state index contributed by atoms with van der Waals surface area (Å²) >= 11 is 0. The second-order valence-electron chi connectivity index (χ2n) is 3.40. The number of nitrogens with one attached hydrogen (secondary N) is 2. The van der Waals surface area contributed by atoms with Crippen LogP contribution in [0.5, 0.6) is 0 Å². The fourth-order valence-corrected chi connectivity index (χ4v) is 1.08. The zero-order chi connectivity index (χ0) is 12.2. The van der Waals surface area contributed by atoms with E-state index in [9.17, 15) is 4.79 Å². The van der Waals surface area contributed by atoms with Gasteiger partial charge in [0, 0.05) is 13.2 Å².